The van der Waals surface area contributed by atoms with Crippen LogP contribution in [0.15, 0.2) is 40.0 Å². The molecule has 96 valence electrons. The van der Waals surface area contributed by atoms with Crippen LogP contribution in [0.5, 0.6) is 0 Å². The lowest BCUT2D eigenvalue weighted by Crippen LogP contribution is -2.18. The van der Waals surface area contributed by atoms with Crippen LogP contribution in [0.4, 0.5) is 0 Å². The van der Waals surface area contributed by atoms with E-state index >= 15 is 0 Å². The number of hydrogen-bond donors (Lipinski definition) is 1. The minimum atomic E-state index is -0.325. The monoisotopic (exact) mass is 265 g/mol. The summed E-state index contributed by atoms with van der Waals surface area (Å²) in [6.07, 6.45) is 0. The van der Waals surface area contributed by atoms with Crippen molar-refractivity contribution in [3.63, 3.8) is 0 Å². The van der Waals surface area contributed by atoms with Crippen LogP contribution in [-0.2, 0) is 0 Å². The molecule has 0 unspecified atom stereocenters. The van der Waals surface area contributed by atoms with Crippen LogP contribution >= 0.6 is 11.8 Å². The van der Waals surface area contributed by atoms with Crippen molar-refractivity contribution in [1.29, 1.82) is 0 Å². The van der Waals surface area contributed by atoms with Crippen molar-refractivity contribution in [2.45, 2.75) is 11.8 Å². The largest absolute Gasteiger partial charge is 0.364 e. The second kappa shape index (κ2) is 5.30. The highest BCUT2D eigenvalue weighted by atomic mass is 32.2. The highest BCUT2D eigenvalue weighted by Gasteiger charge is 2.26. The van der Waals surface area contributed by atoms with Crippen molar-refractivity contribution < 1.29 is 4.92 Å². The van der Waals surface area contributed by atoms with Crippen LogP contribution in [0.3, 0.4) is 0 Å². The maximum absolute atomic E-state index is 11.2. The van der Waals surface area contributed by atoms with Crippen LogP contribution < -0.4 is 5.32 Å². The van der Waals surface area contributed by atoms with Gasteiger partial charge in [-0.3, -0.25) is 10.1 Å². The zero-order valence-corrected chi connectivity index (χ0v) is 11.2. The highest BCUT2D eigenvalue weighted by molar-refractivity contribution is 8.02. The Morgan fingerprint density at radius 3 is 2.61 bits per heavy atom. The zero-order chi connectivity index (χ0) is 13.1. The summed E-state index contributed by atoms with van der Waals surface area (Å²) in [7, 11) is 1.86. The number of nitro groups is 1. The minimum absolute atomic E-state index is 0.152. The van der Waals surface area contributed by atoms with Crippen molar-refractivity contribution in [3.05, 3.63) is 50.8 Å². The van der Waals surface area contributed by atoms with Gasteiger partial charge in [-0.2, -0.15) is 0 Å². The molecule has 0 bridgehead atoms. The first-order chi connectivity index (χ1) is 8.58. The van der Waals surface area contributed by atoms with E-state index in [9.17, 15) is 10.1 Å². The molecule has 1 saturated heterocycles. The molecular formula is C12H15N3O2S. The molecule has 0 atom stereocenters. The van der Waals surface area contributed by atoms with E-state index in [2.05, 4.69) is 5.32 Å². The first kappa shape index (κ1) is 12.8. The molecule has 0 saturated carbocycles. The lowest BCUT2D eigenvalue weighted by molar-refractivity contribution is -0.412. The average Bonchev–Trinajstić information content (AvgIpc) is 2.74. The molecule has 1 aromatic carbocycles. The van der Waals surface area contributed by atoms with Gasteiger partial charge in [-0.05, 0) is 30.8 Å². The fraction of sp³-hybridized carbons (Fsp3) is 0.333. The SMILES string of the molecule is Cc1ccc(S/C(=C2\NCCN2C)[N+](=O)[O-])cc1. The molecule has 2 rings (SSSR count). The van der Waals surface area contributed by atoms with Gasteiger partial charge < -0.3 is 10.2 Å². The second-order valence-corrected chi connectivity index (χ2v) is 5.24. The molecule has 18 heavy (non-hydrogen) atoms. The summed E-state index contributed by atoms with van der Waals surface area (Å²) in [5, 5.41) is 14.4. The number of hydrogen-bond acceptors (Lipinski definition) is 5. The summed E-state index contributed by atoms with van der Waals surface area (Å²) in [4.78, 5) is 13.6. The van der Waals surface area contributed by atoms with Crippen molar-refractivity contribution in [2.24, 2.45) is 0 Å². The highest BCUT2D eigenvalue weighted by Crippen LogP contribution is 2.30. The van der Waals surface area contributed by atoms with Gasteiger partial charge in [-0.25, -0.2) is 0 Å². The lowest BCUT2D eigenvalue weighted by Gasteiger charge is -2.11. The van der Waals surface area contributed by atoms with Crippen LogP contribution in [0.25, 0.3) is 0 Å². The van der Waals surface area contributed by atoms with Gasteiger partial charge in [0.2, 0.25) is 0 Å². The smallest absolute Gasteiger partial charge is 0.347 e. The number of rotatable bonds is 3. The van der Waals surface area contributed by atoms with Gasteiger partial charge in [-0.1, -0.05) is 17.7 Å². The summed E-state index contributed by atoms with van der Waals surface area (Å²) < 4.78 is 0. The minimum Gasteiger partial charge on any atom is -0.364 e. The fourth-order valence-electron chi connectivity index (χ4n) is 1.72. The molecule has 0 radical (unpaired) electrons. The maximum atomic E-state index is 11.2. The molecule has 1 aromatic rings. The van der Waals surface area contributed by atoms with E-state index in [0.29, 0.717) is 5.82 Å². The molecule has 0 spiro atoms. The summed E-state index contributed by atoms with van der Waals surface area (Å²) in [5.41, 5.74) is 1.14. The van der Waals surface area contributed by atoms with Gasteiger partial charge in [0.15, 0.2) is 5.82 Å². The standard InChI is InChI=1S/C12H15N3O2S/c1-9-3-5-10(6-4-9)18-12(15(16)17)11-13-7-8-14(11)2/h3-6,13H,7-8H2,1-2H3/b12-11+. The molecule has 1 fully saturated rings. The Balaban J connectivity index is 2.27. The van der Waals surface area contributed by atoms with Crippen LogP contribution in [0.2, 0.25) is 0 Å². The molecule has 1 N–H and O–H groups in total. The molecule has 1 heterocycles. The van der Waals surface area contributed by atoms with Gasteiger partial charge in [0.25, 0.3) is 0 Å². The van der Waals surface area contributed by atoms with Crippen molar-refractivity contribution in [2.75, 3.05) is 20.1 Å². The third-order valence-corrected chi connectivity index (χ3v) is 3.77. The Hall–Kier alpha value is -1.69. The third kappa shape index (κ3) is 2.76. The van der Waals surface area contributed by atoms with E-state index in [0.717, 1.165) is 23.5 Å². The first-order valence-electron chi connectivity index (χ1n) is 5.66. The maximum Gasteiger partial charge on any atom is 0.347 e. The third-order valence-electron chi connectivity index (χ3n) is 2.73. The van der Waals surface area contributed by atoms with Gasteiger partial charge >= 0.3 is 5.03 Å². The first-order valence-corrected chi connectivity index (χ1v) is 6.48. The number of likely N-dealkylation sites (N-methyl/N-ethyl adjacent to an activating group) is 1. The second-order valence-electron chi connectivity index (χ2n) is 4.17. The Morgan fingerprint density at radius 1 is 1.44 bits per heavy atom. The summed E-state index contributed by atoms with van der Waals surface area (Å²) >= 11 is 1.18. The van der Waals surface area contributed by atoms with Gasteiger partial charge in [0.1, 0.15) is 0 Å². The van der Waals surface area contributed by atoms with Crippen LogP contribution in [0, 0.1) is 17.0 Å². The van der Waals surface area contributed by atoms with E-state index < -0.39 is 0 Å². The number of aryl methyl sites for hydroxylation is 1. The van der Waals surface area contributed by atoms with E-state index in [-0.39, 0.29) is 9.95 Å². The number of thioether (sulfide) groups is 1. The van der Waals surface area contributed by atoms with Crippen molar-refractivity contribution in [3.8, 4) is 0 Å². The van der Waals surface area contributed by atoms with Crippen molar-refractivity contribution in [1.82, 2.24) is 10.2 Å². The molecule has 6 heteroatoms. The number of nitrogens with one attached hydrogen (secondary N) is 1. The van der Waals surface area contributed by atoms with E-state index in [1.807, 2.05) is 43.1 Å². The molecule has 0 aliphatic carbocycles. The predicted octanol–water partition coefficient (Wildman–Crippen LogP) is 2.03. The number of nitrogens with zero attached hydrogens (tertiary/aromatic N) is 2. The summed E-state index contributed by atoms with van der Waals surface area (Å²) in [5.74, 6) is 0.602. The molecule has 1 aliphatic rings. The van der Waals surface area contributed by atoms with Crippen molar-refractivity contribution >= 4 is 11.8 Å². The van der Waals surface area contributed by atoms with Crippen LogP contribution in [-0.4, -0.2) is 30.0 Å². The fourth-order valence-corrected chi connectivity index (χ4v) is 2.61. The van der Waals surface area contributed by atoms with Gasteiger partial charge in [0, 0.05) is 25.0 Å². The van der Waals surface area contributed by atoms with Crippen LogP contribution in [0.1, 0.15) is 5.56 Å². The van der Waals surface area contributed by atoms with Gasteiger partial charge in [-0.15, -0.1) is 0 Å². The average molecular weight is 265 g/mol. The summed E-state index contributed by atoms with van der Waals surface area (Å²) in [6, 6.07) is 7.71. The molecule has 5 nitrogen and oxygen atoms in total. The van der Waals surface area contributed by atoms with Gasteiger partial charge in [0.05, 0.1) is 4.92 Å². The predicted molar refractivity (Wildman–Crippen MR) is 71.7 cm³/mol. The lowest BCUT2D eigenvalue weighted by atomic mass is 10.2. The number of benzene rings is 1. The van der Waals surface area contributed by atoms with E-state index in [1.165, 1.54) is 11.8 Å². The van der Waals surface area contributed by atoms with E-state index in [1.54, 1.807) is 0 Å². The molecule has 0 amide bonds. The molecule has 0 aromatic heterocycles. The van der Waals surface area contributed by atoms with E-state index in [4.69, 9.17) is 0 Å². The Morgan fingerprint density at radius 2 is 2.11 bits per heavy atom. The quantitative estimate of drug-likeness (QED) is 0.515. The zero-order valence-electron chi connectivity index (χ0n) is 10.3. The normalized spacial score (nSPS) is 17.6. The Labute approximate surface area is 110 Å². The Bertz CT molecular complexity index is 485. The molecule has 1 aliphatic heterocycles. The topological polar surface area (TPSA) is 58.4 Å². The summed E-state index contributed by atoms with van der Waals surface area (Å²) in [6.45, 7) is 3.53. The molecular weight excluding hydrogens is 250 g/mol. The Kier molecular flexibility index (Phi) is 3.76.